The molecule has 0 unspecified atom stereocenters. The molecule has 0 atom stereocenters. The van der Waals surface area contributed by atoms with Gasteiger partial charge >= 0.3 is 0 Å². The van der Waals surface area contributed by atoms with Crippen molar-refractivity contribution in [1.29, 1.82) is 0 Å². The number of halogens is 2. The van der Waals surface area contributed by atoms with Gasteiger partial charge in [0.05, 0.1) is 0 Å². The van der Waals surface area contributed by atoms with Gasteiger partial charge < -0.3 is 5.32 Å². The minimum absolute atomic E-state index is 0.0290. The predicted molar refractivity (Wildman–Crippen MR) is 61.1 cm³/mol. The third-order valence-electron chi connectivity index (χ3n) is 2.17. The maximum absolute atomic E-state index is 12.8. The van der Waals surface area contributed by atoms with E-state index in [4.69, 9.17) is 11.6 Å². The van der Waals surface area contributed by atoms with Crippen LogP contribution in [0.1, 0.15) is 5.56 Å². The Kier molecular flexibility index (Phi) is 3.83. The monoisotopic (exact) mass is 269 g/mol. The molecule has 0 spiro atoms. The highest BCUT2D eigenvalue weighted by Crippen LogP contribution is 2.16. The third kappa shape index (κ3) is 3.24. The summed E-state index contributed by atoms with van der Waals surface area (Å²) in [7, 11) is 0. The lowest BCUT2D eigenvalue weighted by atomic mass is 10.2. The van der Waals surface area contributed by atoms with Crippen LogP contribution in [-0.4, -0.2) is 26.1 Å². The van der Waals surface area contributed by atoms with Gasteiger partial charge in [-0.05, 0) is 22.9 Å². The molecule has 0 saturated heterocycles. The highest BCUT2D eigenvalue weighted by molar-refractivity contribution is 6.31. The average Bonchev–Trinajstić information content (AvgIpc) is 2.80. The number of aromatic nitrogens is 4. The summed E-state index contributed by atoms with van der Waals surface area (Å²) in [4.78, 5) is 12.7. The van der Waals surface area contributed by atoms with E-state index in [-0.39, 0.29) is 24.0 Å². The summed E-state index contributed by atoms with van der Waals surface area (Å²) in [6.07, 6.45) is 1.24. The standard InChI is InChI=1S/C10H9ClFN5O/c11-9-3-8(12)2-1-7(9)4-13-10(18)5-17-15-6-14-16-17/h1-3,6H,4-5H2,(H,13,18). The maximum Gasteiger partial charge on any atom is 0.243 e. The number of carbonyl (C=O) groups excluding carboxylic acids is 1. The molecule has 18 heavy (non-hydrogen) atoms. The van der Waals surface area contributed by atoms with Crippen LogP contribution in [-0.2, 0) is 17.9 Å². The van der Waals surface area contributed by atoms with E-state index in [1.54, 1.807) is 0 Å². The number of carbonyl (C=O) groups is 1. The van der Waals surface area contributed by atoms with Gasteiger partial charge in [-0.1, -0.05) is 17.7 Å². The molecule has 2 aromatic rings. The fourth-order valence-corrected chi connectivity index (χ4v) is 1.54. The molecule has 1 amide bonds. The molecule has 0 aliphatic carbocycles. The van der Waals surface area contributed by atoms with Gasteiger partial charge in [0.25, 0.3) is 0 Å². The van der Waals surface area contributed by atoms with E-state index >= 15 is 0 Å². The summed E-state index contributed by atoms with van der Waals surface area (Å²) in [6.45, 7) is 0.186. The third-order valence-corrected chi connectivity index (χ3v) is 2.52. The van der Waals surface area contributed by atoms with Crippen molar-refractivity contribution in [3.8, 4) is 0 Å². The minimum Gasteiger partial charge on any atom is -0.350 e. The zero-order chi connectivity index (χ0) is 13.0. The van der Waals surface area contributed by atoms with Crippen molar-refractivity contribution in [2.75, 3.05) is 0 Å². The Morgan fingerprint density at radius 2 is 2.33 bits per heavy atom. The van der Waals surface area contributed by atoms with Crippen LogP contribution in [0.15, 0.2) is 24.5 Å². The predicted octanol–water partition coefficient (Wildman–Crippen LogP) is 0.782. The van der Waals surface area contributed by atoms with E-state index in [0.29, 0.717) is 5.56 Å². The van der Waals surface area contributed by atoms with Gasteiger partial charge in [0.2, 0.25) is 5.91 Å². The van der Waals surface area contributed by atoms with Gasteiger partial charge in [-0.25, -0.2) is 4.39 Å². The molecule has 0 fully saturated rings. The van der Waals surface area contributed by atoms with Crippen LogP contribution in [0, 0.1) is 5.82 Å². The molecule has 0 saturated carbocycles. The lowest BCUT2D eigenvalue weighted by molar-refractivity contribution is -0.122. The molecule has 6 nitrogen and oxygen atoms in total. The molecule has 1 aromatic heterocycles. The van der Waals surface area contributed by atoms with E-state index in [0.717, 1.165) is 4.80 Å². The molecule has 0 bridgehead atoms. The van der Waals surface area contributed by atoms with Gasteiger partial charge in [-0.15, -0.1) is 10.2 Å². The Morgan fingerprint density at radius 3 is 3.00 bits per heavy atom. The summed E-state index contributed by atoms with van der Waals surface area (Å²) in [5.74, 6) is -0.699. The number of hydrogen-bond acceptors (Lipinski definition) is 4. The van der Waals surface area contributed by atoms with Crippen molar-refractivity contribution in [1.82, 2.24) is 25.5 Å². The molecule has 0 aliphatic rings. The fraction of sp³-hybridized carbons (Fsp3) is 0.200. The number of benzene rings is 1. The van der Waals surface area contributed by atoms with Gasteiger partial charge in [-0.3, -0.25) is 4.79 Å². The van der Waals surface area contributed by atoms with Crippen LogP contribution in [0.4, 0.5) is 4.39 Å². The molecule has 0 radical (unpaired) electrons. The highest BCUT2D eigenvalue weighted by atomic mass is 35.5. The summed E-state index contributed by atoms with van der Waals surface area (Å²) < 4.78 is 12.8. The molecule has 94 valence electrons. The lowest BCUT2D eigenvalue weighted by Gasteiger charge is -2.06. The second-order valence-corrected chi connectivity index (χ2v) is 3.89. The zero-order valence-corrected chi connectivity index (χ0v) is 9.93. The average molecular weight is 270 g/mol. The van der Waals surface area contributed by atoms with Crippen LogP contribution >= 0.6 is 11.6 Å². The molecule has 0 aliphatic heterocycles. The minimum atomic E-state index is -0.415. The normalized spacial score (nSPS) is 10.3. The first-order valence-corrected chi connectivity index (χ1v) is 5.44. The fourth-order valence-electron chi connectivity index (χ4n) is 1.30. The second kappa shape index (κ2) is 5.54. The summed E-state index contributed by atoms with van der Waals surface area (Å²) in [5.41, 5.74) is 0.637. The largest absolute Gasteiger partial charge is 0.350 e. The van der Waals surface area contributed by atoms with E-state index in [2.05, 4.69) is 20.7 Å². The Hall–Kier alpha value is -2.02. The molecular weight excluding hydrogens is 261 g/mol. The van der Waals surface area contributed by atoms with Crippen molar-refractivity contribution >= 4 is 17.5 Å². The van der Waals surface area contributed by atoms with Crippen LogP contribution in [0.3, 0.4) is 0 Å². The van der Waals surface area contributed by atoms with Crippen LogP contribution in [0.2, 0.25) is 5.02 Å². The van der Waals surface area contributed by atoms with Gasteiger partial charge in [-0.2, -0.15) is 4.80 Å². The maximum atomic E-state index is 12.8. The molecule has 1 aromatic carbocycles. The highest BCUT2D eigenvalue weighted by Gasteiger charge is 2.06. The van der Waals surface area contributed by atoms with Crippen molar-refractivity contribution in [3.05, 3.63) is 40.9 Å². The van der Waals surface area contributed by atoms with E-state index in [1.165, 1.54) is 24.5 Å². The quantitative estimate of drug-likeness (QED) is 0.890. The SMILES string of the molecule is O=C(Cn1ncnn1)NCc1ccc(F)cc1Cl. The first-order valence-electron chi connectivity index (χ1n) is 5.06. The molecule has 2 rings (SSSR count). The van der Waals surface area contributed by atoms with Crippen molar-refractivity contribution < 1.29 is 9.18 Å². The Labute approximate surface area is 107 Å². The Balaban J connectivity index is 1.89. The molecule has 1 N–H and O–H groups in total. The van der Waals surface area contributed by atoms with E-state index in [9.17, 15) is 9.18 Å². The number of hydrogen-bond donors (Lipinski definition) is 1. The molecular formula is C10H9ClFN5O. The summed E-state index contributed by atoms with van der Waals surface area (Å²) in [6, 6.07) is 4.00. The van der Waals surface area contributed by atoms with Crippen molar-refractivity contribution in [2.24, 2.45) is 0 Å². The Morgan fingerprint density at radius 1 is 1.50 bits per heavy atom. The lowest BCUT2D eigenvalue weighted by Crippen LogP contribution is -2.28. The van der Waals surface area contributed by atoms with Crippen LogP contribution < -0.4 is 5.32 Å². The van der Waals surface area contributed by atoms with Crippen LogP contribution in [0.25, 0.3) is 0 Å². The van der Waals surface area contributed by atoms with Gasteiger partial charge in [0, 0.05) is 11.6 Å². The van der Waals surface area contributed by atoms with Gasteiger partial charge in [0.1, 0.15) is 12.4 Å². The van der Waals surface area contributed by atoms with E-state index in [1.807, 2.05) is 0 Å². The molecule has 8 heteroatoms. The summed E-state index contributed by atoms with van der Waals surface area (Å²) in [5, 5.41) is 13.6. The second-order valence-electron chi connectivity index (χ2n) is 3.48. The smallest absolute Gasteiger partial charge is 0.243 e. The number of tetrazole rings is 1. The van der Waals surface area contributed by atoms with Crippen molar-refractivity contribution in [3.63, 3.8) is 0 Å². The molecule has 1 heterocycles. The number of nitrogens with zero attached hydrogens (tertiary/aromatic N) is 4. The summed E-state index contributed by atoms with van der Waals surface area (Å²) >= 11 is 5.82. The zero-order valence-electron chi connectivity index (χ0n) is 9.18. The Bertz CT molecular complexity index is 545. The first kappa shape index (κ1) is 12.4. The van der Waals surface area contributed by atoms with E-state index < -0.39 is 5.82 Å². The number of amides is 1. The number of rotatable bonds is 4. The van der Waals surface area contributed by atoms with Gasteiger partial charge in [0.15, 0.2) is 6.33 Å². The van der Waals surface area contributed by atoms with Crippen molar-refractivity contribution in [2.45, 2.75) is 13.1 Å². The van der Waals surface area contributed by atoms with Crippen LogP contribution in [0.5, 0.6) is 0 Å². The first-order chi connectivity index (χ1) is 8.65. The topological polar surface area (TPSA) is 72.7 Å². The number of nitrogens with one attached hydrogen (secondary N) is 1.